The second-order valence-corrected chi connectivity index (χ2v) is 4.04. The van der Waals surface area contributed by atoms with E-state index in [2.05, 4.69) is 24.1 Å². The number of hydrogen-bond donors (Lipinski definition) is 1. The van der Waals surface area contributed by atoms with Crippen LogP contribution in [0.15, 0.2) is 0 Å². The molecule has 1 rings (SSSR count). The summed E-state index contributed by atoms with van der Waals surface area (Å²) in [4.78, 5) is 2.55. The predicted octanol–water partition coefficient (Wildman–Crippen LogP) is 1.86. The van der Waals surface area contributed by atoms with Gasteiger partial charge in [-0.05, 0) is 13.0 Å². The van der Waals surface area contributed by atoms with E-state index >= 15 is 0 Å². The number of unbranched alkanes of at least 4 members (excludes halogenated alkanes) is 2. The molecule has 13 heavy (non-hydrogen) atoms. The Morgan fingerprint density at radius 2 is 2.15 bits per heavy atom. The van der Waals surface area contributed by atoms with E-state index in [0.717, 1.165) is 6.04 Å². The topological polar surface area (TPSA) is 15.3 Å². The van der Waals surface area contributed by atoms with Crippen molar-refractivity contribution in [3.8, 4) is 0 Å². The second kappa shape index (κ2) is 6.39. The van der Waals surface area contributed by atoms with Gasteiger partial charge in [-0.15, -0.1) is 0 Å². The minimum atomic E-state index is 0.764. The Balaban J connectivity index is 2.11. The summed E-state index contributed by atoms with van der Waals surface area (Å²) >= 11 is 0. The van der Waals surface area contributed by atoms with Crippen molar-refractivity contribution in [3.63, 3.8) is 0 Å². The summed E-state index contributed by atoms with van der Waals surface area (Å²) in [6.07, 6.45) is 5.49. The largest absolute Gasteiger partial charge is 0.311 e. The molecule has 0 aromatic rings. The maximum Gasteiger partial charge on any atom is 0.0195 e. The van der Waals surface area contributed by atoms with Gasteiger partial charge in [-0.1, -0.05) is 33.1 Å². The number of hydrogen-bond acceptors (Lipinski definition) is 2. The van der Waals surface area contributed by atoms with Crippen LogP contribution in [0.1, 0.15) is 39.5 Å². The van der Waals surface area contributed by atoms with Crippen molar-refractivity contribution >= 4 is 0 Å². The Morgan fingerprint density at radius 1 is 1.31 bits per heavy atom. The van der Waals surface area contributed by atoms with Gasteiger partial charge in [0.1, 0.15) is 0 Å². The number of nitrogens with one attached hydrogen (secondary N) is 1. The zero-order valence-corrected chi connectivity index (χ0v) is 9.18. The van der Waals surface area contributed by atoms with Gasteiger partial charge in [0.25, 0.3) is 0 Å². The molecule has 0 radical (unpaired) electrons. The number of rotatable bonds is 5. The lowest BCUT2D eigenvalue weighted by molar-refractivity contribution is 0.201. The summed E-state index contributed by atoms with van der Waals surface area (Å²) in [6.45, 7) is 9.43. The molecule has 1 saturated heterocycles. The summed E-state index contributed by atoms with van der Waals surface area (Å²) in [5, 5.41) is 3.60. The fourth-order valence-corrected chi connectivity index (χ4v) is 2.02. The molecular weight excluding hydrogens is 160 g/mol. The molecule has 1 N–H and O–H groups in total. The first kappa shape index (κ1) is 11.0. The van der Waals surface area contributed by atoms with E-state index < -0.39 is 0 Å². The average molecular weight is 184 g/mol. The van der Waals surface area contributed by atoms with E-state index in [1.54, 1.807) is 0 Å². The van der Waals surface area contributed by atoms with E-state index in [4.69, 9.17) is 0 Å². The number of nitrogens with zero attached hydrogens (tertiary/aromatic N) is 1. The van der Waals surface area contributed by atoms with Crippen molar-refractivity contribution in [1.29, 1.82) is 0 Å². The van der Waals surface area contributed by atoms with Crippen LogP contribution in [0.3, 0.4) is 0 Å². The Labute approximate surface area is 82.7 Å². The highest BCUT2D eigenvalue weighted by atomic mass is 15.2. The van der Waals surface area contributed by atoms with Gasteiger partial charge in [0.2, 0.25) is 0 Å². The molecule has 0 bridgehead atoms. The Bertz CT molecular complexity index is 125. The van der Waals surface area contributed by atoms with Crippen LogP contribution in [0.25, 0.3) is 0 Å². The minimum Gasteiger partial charge on any atom is -0.311 e. The van der Waals surface area contributed by atoms with Crippen molar-refractivity contribution < 1.29 is 0 Å². The zero-order chi connectivity index (χ0) is 9.52. The first-order valence-corrected chi connectivity index (χ1v) is 5.82. The molecule has 0 spiro atoms. The third-order valence-electron chi connectivity index (χ3n) is 2.94. The highest BCUT2D eigenvalue weighted by Gasteiger charge is 2.16. The predicted molar refractivity (Wildman–Crippen MR) is 58.0 cm³/mol. The number of likely N-dealkylation sites (N-methyl/N-ethyl adjacent to an activating group) is 1. The molecule has 0 aliphatic carbocycles. The molecule has 1 fully saturated rings. The zero-order valence-electron chi connectivity index (χ0n) is 9.18. The van der Waals surface area contributed by atoms with E-state index in [0.29, 0.717) is 0 Å². The summed E-state index contributed by atoms with van der Waals surface area (Å²) in [5.41, 5.74) is 0. The van der Waals surface area contributed by atoms with Gasteiger partial charge in [0.05, 0.1) is 0 Å². The summed E-state index contributed by atoms with van der Waals surface area (Å²) < 4.78 is 0. The standard InChI is InChI=1S/C11H24N2/c1-3-5-6-7-11-10-13(4-2)9-8-12-11/h11-12H,3-10H2,1-2H3. The summed E-state index contributed by atoms with van der Waals surface area (Å²) in [5.74, 6) is 0. The molecule has 1 aliphatic heterocycles. The van der Waals surface area contributed by atoms with Crippen LogP contribution in [-0.2, 0) is 0 Å². The van der Waals surface area contributed by atoms with Crippen LogP contribution < -0.4 is 5.32 Å². The van der Waals surface area contributed by atoms with Crippen LogP contribution >= 0.6 is 0 Å². The van der Waals surface area contributed by atoms with Gasteiger partial charge < -0.3 is 10.2 Å². The van der Waals surface area contributed by atoms with Gasteiger partial charge in [-0.3, -0.25) is 0 Å². The van der Waals surface area contributed by atoms with Crippen LogP contribution in [-0.4, -0.2) is 37.1 Å². The molecule has 78 valence electrons. The first-order chi connectivity index (χ1) is 6.36. The minimum absolute atomic E-state index is 0.764. The fraction of sp³-hybridized carbons (Fsp3) is 1.00. The van der Waals surface area contributed by atoms with Crippen LogP contribution in [0.5, 0.6) is 0 Å². The third kappa shape index (κ3) is 4.10. The van der Waals surface area contributed by atoms with Crippen LogP contribution in [0, 0.1) is 0 Å². The molecule has 1 heterocycles. The van der Waals surface area contributed by atoms with Gasteiger partial charge in [0, 0.05) is 25.7 Å². The van der Waals surface area contributed by atoms with Crippen molar-refractivity contribution in [2.24, 2.45) is 0 Å². The second-order valence-electron chi connectivity index (χ2n) is 4.04. The lowest BCUT2D eigenvalue weighted by Crippen LogP contribution is -2.50. The SMILES string of the molecule is CCCCCC1CN(CC)CCN1. The maximum atomic E-state index is 3.60. The fourth-order valence-electron chi connectivity index (χ4n) is 2.02. The Morgan fingerprint density at radius 3 is 2.85 bits per heavy atom. The van der Waals surface area contributed by atoms with Crippen molar-refractivity contribution in [2.45, 2.75) is 45.6 Å². The van der Waals surface area contributed by atoms with Crippen LogP contribution in [0.2, 0.25) is 0 Å². The van der Waals surface area contributed by atoms with E-state index in [-0.39, 0.29) is 0 Å². The first-order valence-electron chi connectivity index (χ1n) is 5.82. The lowest BCUT2D eigenvalue weighted by Gasteiger charge is -2.32. The normalized spacial score (nSPS) is 24.9. The molecule has 0 aromatic heterocycles. The summed E-state index contributed by atoms with van der Waals surface area (Å²) in [7, 11) is 0. The average Bonchev–Trinajstić information content (AvgIpc) is 2.19. The molecule has 1 atom stereocenters. The molecule has 0 amide bonds. The molecule has 0 saturated carbocycles. The molecule has 1 aliphatic rings. The lowest BCUT2D eigenvalue weighted by atomic mass is 10.1. The monoisotopic (exact) mass is 184 g/mol. The highest BCUT2D eigenvalue weighted by Crippen LogP contribution is 2.07. The molecular formula is C11H24N2. The maximum absolute atomic E-state index is 3.60. The van der Waals surface area contributed by atoms with E-state index in [1.807, 2.05) is 0 Å². The van der Waals surface area contributed by atoms with Gasteiger partial charge in [-0.2, -0.15) is 0 Å². The van der Waals surface area contributed by atoms with Crippen LogP contribution in [0.4, 0.5) is 0 Å². The molecule has 1 unspecified atom stereocenters. The van der Waals surface area contributed by atoms with Crippen molar-refractivity contribution in [2.75, 3.05) is 26.2 Å². The summed E-state index contributed by atoms with van der Waals surface area (Å²) in [6, 6.07) is 0.764. The van der Waals surface area contributed by atoms with Crippen molar-refractivity contribution in [3.05, 3.63) is 0 Å². The smallest absolute Gasteiger partial charge is 0.0195 e. The molecule has 2 nitrogen and oxygen atoms in total. The third-order valence-corrected chi connectivity index (χ3v) is 2.94. The van der Waals surface area contributed by atoms with E-state index in [1.165, 1.54) is 51.9 Å². The van der Waals surface area contributed by atoms with Gasteiger partial charge in [-0.25, -0.2) is 0 Å². The molecule has 0 aromatic carbocycles. The highest BCUT2D eigenvalue weighted by molar-refractivity contribution is 4.77. The number of piperazine rings is 1. The van der Waals surface area contributed by atoms with Crippen molar-refractivity contribution in [1.82, 2.24) is 10.2 Å². The Kier molecular flexibility index (Phi) is 5.40. The quantitative estimate of drug-likeness (QED) is 0.656. The van der Waals surface area contributed by atoms with Gasteiger partial charge >= 0.3 is 0 Å². The van der Waals surface area contributed by atoms with E-state index in [9.17, 15) is 0 Å². The van der Waals surface area contributed by atoms with Gasteiger partial charge in [0.15, 0.2) is 0 Å². The Hall–Kier alpha value is -0.0800. The molecule has 2 heteroatoms.